The van der Waals surface area contributed by atoms with Gasteiger partial charge >= 0.3 is 0 Å². The zero-order valence-corrected chi connectivity index (χ0v) is 17.1. The van der Waals surface area contributed by atoms with Crippen LogP contribution in [0.1, 0.15) is 28.8 Å². The van der Waals surface area contributed by atoms with Gasteiger partial charge in [-0.1, -0.05) is 48.0 Å². The van der Waals surface area contributed by atoms with E-state index in [1.165, 1.54) is 12.1 Å². The van der Waals surface area contributed by atoms with Gasteiger partial charge in [0.05, 0.1) is 10.8 Å². The molecule has 1 unspecified atom stereocenters. The van der Waals surface area contributed by atoms with Crippen molar-refractivity contribution in [2.75, 3.05) is 19.6 Å². The number of amides is 1. The lowest BCUT2D eigenvalue weighted by molar-refractivity contribution is -0.137. The summed E-state index contributed by atoms with van der Waals surface area (Å²) < 4.78 is 25.7. The van der Waals surface area contributed by atoms with Gasteiger partial charge < -0.3 is 5.32 Å². The number of hydrazine groups is 1. The number of aryl methyl sites for hydroxylation is 1. The molecule has 0 aliphatic carbocycles. The van der Waals surface area contributed by atoms with Gasteiger partial charge in [0.15, 0.2) is 5.78 Å². The second kappa shape index (κ2) is 9.30. The first-order valence-corrected chi connectivity index (χ1v) is 11.0. The second-order valence-electron chi connectivity index (χ2n) is 7.16. The van der Waals surface area contributed by atoms with Crippen LogP contribution in [0.15, 0.2) is 59.5 Å². The molecule has 0 aromatic heterocycles. The maximum absolute atomic E-state index is 13.0. The van der Waals surface area contributed by atoms with Crippen LogP contribution in [0.25, 0.3) is 0 Å². The molecule has 1 atom stereocenters. The molecule has 1 heterocycles. The molecule has 0 saturated carbocycles. The Kier molecular flexibility index (Phi) is 6.79. The lowest BCUT2D eigenvalue weighted by atomic mass is 9.98. The van der Waals surface area contributed by atoms with Gasteiger partial charge in [-0.15, -0.1) is 4.83 Å². The minimum absolute atomic E-state index is 0.0369. The average Bonchev–Trinajstić information content (AvgIpc) is 2.74. The molecule has 29 heavy (non-hydrogen) atoms. The van der Waals surface area contributed by atoms with Crippen molar-refractivity contribution in [2.24, 2.45) is 5.92 Å². The molecule has 154 valence electrons. The Labute approximate surface area is 171 Å². The van der Waals surface area contributed by atoms with Crippen molar-refractivity contribution >= 4 is 21.7 Å². The Bertz CT molecular complexity index is 953. The van der Waals surface area contributed by atoms with E-state index in [1.807, 2.05) is 6.92 Å². The van der Waals surface area contributed by atoms with Crippen molar-refractivity contribution in [3.8, 4) is 0 Å². The van der Waals surface area contributed by atoms with Crippen molar-refractivity contribution < 1.29 is 18.0 Å². The number of piperidine rings is 1. The van der Waals surface area contributed by atoms with Crippen molar-refractivity contribution in [3.05, 3.63) is 65.7 Å². The van der Waals surface area contributed by atoms with Crippen LogP contribution in [0.3, 0.4) is 0 Å². The largest absolute Gasteiger partial charge is 0.316 e. The molecule has 8 heteroatoms. The van der Waals surface area contributed by atoms with Crippen molar-refractivity contribution in [1.82, 2.24) is 15.2 Å². The van der Waals surface area contributed by atoms with Gasteiger partial charge in [0.2, 0.25) is 5.91 Å². The molecule has 1 fully saturated rings. The monoisotopic (exact) mass is 415 g/mol. The summed E-state index contributed by atoms with van der Waals surface area (Å²) in [5.41, 5.74) is 1.34. The zero-order chi connectivity index (χ0) is 20.9. The number of hydrogen-bond acceptors (Lipinski definition) is 5. The lowest BCUT2D eigenvalue weighted by Crippen LogP contribution is -2.52. The van der Waals surface area contributed by atoms with Gasteiger partial charge in [-0.25, -0.2) is 8.42 Å². The standard InChI is InChI=1S/C21H25N3O4S/c1-16-9-11-19(12-10-16)29(27,28)23-24(21(26)18-8-5-13-22-14-18)15-20(25)17-6-3-2-4-7-17/h2-4,6-7,9-12,18,22-23H,5,8,13-15H2,1H3. The molecule has 2 aromatic carbocycles. The van der Waals surface area contributed by atoms with Crippen LogP contribution in [0.5, 0.6) is 0 Å². The molecule has 0 bridgehead atoms. The van der Waals surface area contributed by atoms with E-state index in [0.29, 0.717) is 18.5 Å². The fourth-order valence-corrected chi connectivity index (χ4v) is 4.26. The highest BCUT2D eigenvalue weighted by Gasteiger charge is 2.30. The minimum atomic E-state index is -4.01. The van der Waals surface area contributed by atoms with E-state index in [4.69, 9.17) is 0 Å². The third kappa shape index (κ3) is 5.50. The van der Waals surface area contributed by atoms with Crippen LogP contribution in [0.4, 0.5) is 0 Å². The molecule has 1 aliphatic heterocycles. The second-order valence-corrected chi connectivity index (χ2v) is 8.83. The summed E-state index contributed by atoms with van der Waals surface area (Å²) in [5.74, 6) is -1.13. The fourth-order valence-electron chi connectivity index (χ4n) is 3.21. The Morgan fingerprint density at radius 3 is 2.41 bits per heavy atom. The smallest absolute Gasteiger partial charge is 0.257 e. The number of carbonyl (C=O) groups is 2. The predicted octanol–water partition coefficient (Wildman–Crippen LogP) is 1.90. The molecule has 0 radical (unpaired) electrons. The van der Waals surface area contributed by atoms with Crippen LogP contribution in [0.2, 0.25) is 0 Å². The van der Waals surface area contributed by atoms with Gasteiger partial charge in [0, 0.05) is 12.1 Å². The van der Waals surface area contributed by atoms with E-state index in [-0.39, 0.29) is 23.1 Å². The SMILES string of the molecule is Cc1ccc(S(=O)(=O)NN(CC(=O)c2ccccc2)C(=O)C2CCCNC2)cc1. The van der Waals surface area contributed by atoms with Gasteiger partial charge in [-0.3, -0.25) is 14.6 Å². The summed E-state index contributed by atoms with van der Waals surface area (Å²) in [4.78, 5) is 28.1. The first-order chi connectivity index (χ1) is 13.9. The third-order valence-corrected chi connectivity index (χ3v) is 6.22. The number of nitrogens with one attached hydrogen (secondary N) is 2. The maximum Gasteiger partial charge on any atom is 0.257 e. The van der Waals surface area contributed by atoms with Crippen LogP contribution < -0.4 is 10.1 Å². The molecule has 0 spiro atoms. The first-order valence-electron chi connectivity index (χ1n) is 9.56. The van der Waals surface area contributed by atoms with E-state index in [1.54, 1.807) is 42.5 Å². The van der Waals surface area contributed by atoms with Gasteiger partial charge in [-0.2, -0.15) is 0 Å². The Balaban J connectivity index is 1.84. The first kappa shape index (κ1) is 21.2. The van der Waals surface area contributed by atoms with Crippen molar-refractivity contribution in [1.29, 1.82) is 0 Å². The predicted molar refractivity (Wildman–Crippen MR) is 110 cm³/mol. The van der Waals surface area contributed by atoms with Crippen LogP contribution >= 0.6 is 0 Å². The number of carbonyl (C=O) groups excluding carboxylic acids is 2. The molecular formula is C21H25N3O4S. The number of Topliss-reactive ketones (excluding diaryl/α,β-unsaturated/α-hetero) is 1. The third-order valence-electron chi connectivity index (χ3n) is 4.87. The maximum atomic E-state index is 13.0. The van der Waals surface area contributed by atoms with Crippen LogP contribution in [-0.4, -0.2) is 44.8 Å². The Hall–Kier alpha value is -2.55. The highest BCUT2D eigenvalue weighted by atomic mass is 32.2. The highest BCUT2D eigenvalue weighted by molar-refractivity contribution is 7.89. The summed E-state index contributed by atoms with van der Waals surface area (Å²) in [6, 6.07) is 14.8. The summed E-state index contributed by atoms with van der Waals surface area (Å²) in [7, 11) is -4.01. The molecule has 7 nitrogen and oxygen atoms in total. The molecule has 2 N–H and O–H groups in total. The number of hydrogen-bond donors (Lipinski definition) is 2. The van der Waals surface area contributed by atoms with Crippen LogP contribution in [-0.2, 0) is 14.8 Å². The van der Waals surface area contributed by atoms with E-state index in [9.17, 15) is 18.0 Å². The molecule has 1 saturated heterocycles. The normalized spacial score (nSPS) is 16.9. The van der Waals surface area contributed by atoms with E-state index in [2.05, 4.69) is 10.1 Å². The molecule has 1 amide bonds. The molecule has 3 rings (SSSR count). The lowest BCUT2D eigenvalue weighted by Gasteiger charge is -2.29. The number of benzene rings is 2. The molecule has 2 aromatic rings. The highest BCUT2D eigenvalue weighted by Crippen LogP contribution is 2.16. The Morgan fingerprint density at radius 2 is 1.79 bits per heavy atom. The molecular weight excluding hydrogens is 390 g/mol. The van der Waals surface area contributed by atoms with Crippen molar-refractivity contribution in [3.63, 3.8) is 0 Å². The van der Waals surface area contributed by atoms with E-state index < -0.39 is 15.9 Å². The summed E-state index contributed by atoms with van der Waals surface area (Å²) in [6.45, 7) is 2.77. The topological polar surface area (TPSA) is 95.6 Å². The van der Waals surface area contributed by atoms with Gasteiger partial charge in [0.1, 0.15) is 6.54 Å². The molecule has 1 aliphatic rings. The van der Waals surface area contributed by atoms with Crippen molar-refractivity contribution in [2.45, 2.75) is 24.7 Å². The average molecular weight is 416 g/mol. The number of rotatable bonds is 7. The Morgan fingerprint density at radius 1 is 1.10 bits per heavy atom. The summed E-state index contributed by atoms with van der Waals surface area (Å²) in [5, 5.41) is 4.09. The zero-order valence-electron chi connectivity index (χ0n) is 16.3. The van der Waals surface area contributed by atoms with Crippen LogP contribution in [0, 0.1) is 12.8 Å². The van der Waals surface area contributed by atoms with E-state index in [0.717, 1.165) is 23.5 Å². The fraction of sp³-hybridized carbons (Fsp3) is 0.333. The number of sulfonamides is 1. The quantitative estimate of drug-likeness (QED) is 0.532. The minimum Gasteiger partial charge on any atom is -0.316 e. The number of nitrogens with zero attached hydrogens (tertiary/aromatic N) is 1. The van der Waals surface area contributed by atoms with Gasteiger partial charge in [0.25, 0.3) is 10.0 Å². The summed E-state index contributed by atoms with van der Waals surface area (Å²) >= 11 is 0. The number of ketones is 1. The van der Waals surface area contributed by atoms with Gasteiger partial charge in [-0.05, 0) is 38.4 Å². The summed E-state index contributed by atoms with van der Waals surface area (Å²) in [6.07, 6.45) is 1.47. The van der Waals surface area contributed by atoms with E-state index >= 15 is 0 Å².